The zero-order valence-corrected chi connectivity index (χ0v) is 9.47. The van der Waals surface area contributed by atoms with E-state index in [1.807, 2.05) is 0 Å². The first kappa shape index (κ1) is 11.6. The third kappa shape index (κ3) is 3.05. The lowest BCUT2D eigenvalue weighted by molar-refractivity contribution is -0.137. The van der Waals surface area contributed by atoms with Crippen LogP contribution >= 0.6 is 0 Å². The van der Waals surface area contributed by atoms with E-state index in [1.165, 1.54) is 0 Å². The van der Waals surface area contributed by atoms with Crippen LogP contribution in [0.25, 0.3) is 0 Å². The Balaban J connectivity index is 1.91. The molecule has 92 valence electrons. The number of hydrogen-bond donors (Lipinski definition) is 2. The Hall–Kier alpha value is -1.85. The van der Waals surface area contributed by atoms with Crippen molar-refractivity contribution in [1.29, 1.82) is 0 Å². The molecule has 17 heavy (non-hydrogen) atoms. The van der Waals surface area contributed by atoms with Crippen molar-refractivity contribution < 1.29 is 19.2 Å². The molecule has 1 aliphatic carbocycles. The van der Waals surface area contributed by atoms with E-state index < -0.39 is 17.9 Å². The minimum absolute atomic E-state index is 0.116. The van der Waals surface area contributed by atoms with E-state index >= 15 is 0 Å². The molecule has 6 nitrogen and oxygen atoms in total. The number of rotatable bonds is 5. The van der Waals surface area contributed by atoms with Crippen molar-refractivity contribution in [1.82, 2.24) is 10.5 Å². The van der Waals surface area contributed by atoms with Gasteiger partial charge in [-0.15, -0.1) is 0 Å². The molecule has 1 heterocycles. The van der Waals surface area contributed by atoms with Crippen LogP contribution in [0, 0.1) is 0 Å². The number of amides is 1. The number of nitrogens with one attached hydrogen (secondary N) is 1. The van der Waals surface area contributed by atoms with Crippen LogP contribution < -0.4 is 5.32 Å². The number of nitrogens with zero attached hydrogens (tertiary/aromatic N) is 1. The molecule has 1 unspecified atom stereocenters. The van der Waals surface area contributed by atoms with E-state index in [-0.39, 0.29) is 12.2 Å². The maximum absolute atomic E-state index is 11.7. The number of aromatic nitrogens is 1. The van der Waals surface area contributed by atoms with Gasteiger partial charge in [-0.05, 0) is 19.8 Å². The van der Waals surface area contributed by atoms with Crippen LogP contribution in [-0.4, -0.2) is 28.2 Å². The van der Waals surface area contributed by atoms with Gasteiger partial charge in [-0.25, -0.2) is 0 Å². The summed E-state index contributed by atoms with van der Waals surface area (Å²) in [7, 11) is 0. The van der Waals surface area contributed by atoms with Gasteiger partial charge in [-0.2, -0.15) is 0 Å². The highest BCUT2D eigenvalue weighted by Crippen LogP contribution is 2.39. The van der Waals surface area contributed by atoms with Crippen LogP contribution in [0.2, 0.25) is 0 Å². The fourth-order valence-electron chi connectivity index (χ4n) is 1.58. The highest BCUT2D eigenvalue weighted by molar-refractivity contribution is 5.91. The van der Waals surface area contributed by atoms with Crippen molar-refractivity contribution in [2.24, 2.45) is 0 Å². The first-order valence-corrected chi connectivity index (χ1v) is 5.55. The van der Waals surface area contributed by atoms with Crippen LogP contribution in [0.1, 0.15) is 48.4 Å². The molecule has 2 rings (SSSR count). The highest BCUT2D eigenvalue weighted by atomic mass is 16.5. The summed E-state index contributed by atoms with van der Waals surface area (Å²) in [5, 5.41) is 14.9. The predicted octanol–water partition coefficient (Wildman–Crippen LogP) is 1.14. The molecule has 0 bridgehead atoms. The molecule has 1 aromatic rings. The number of carbonyl (C=O) groups excluding carboxylic acids is 1. The van der Waals surface area contributed by atoms with Gasteiger partial charge in [0, 0.05) is 18.0 Å². The molecule has 0 aliphatic heterocycles. The van der Waals surface area contributed by atoms with Gasteiger partial charge in [0.25, 0.3) is 5.91 Å². The molecule has 0 spiro atoms. The van der Waals surface area contributed by atoms with Crippen molar-refractivity contribution in [2.45, 2.75) is 38.1 Å². The van der Waals surface area contributed by atoms with Crippen molar-refractivity contribution in [3.05, 3.63) is 17.5 Å². The van der Waals surface area contributed by atoms with Crippen molar-refractivity contribution in [3.63, 3.8) is 0 Å². The van der Waals surface area contributed by atoms with E-state index in [4.69, 9.17) is 9.63 Å². The van der Waals surface area contributed by atoms with Gasteiger partial charge in [-0.1, -0.05) is 5.16 Å². The molecular formula is C11H14N2O4. The number of carboxylic acid groups (broad SMARTS) is 1. The summed E-state index contributed by atoms with van der Waals surface area (Å²) in [5.74, 6) is -0.798. The van der Waals surface area contributed by atoms with Gasteiger partial charge in [0.05, 0.1) is 12.1 Å². The van der Waals surface area contributed by atoms with Crippen LogP contribution in [0.5, 0.6) is 0 Å². The number of aliphatic carboxylic acids is 1. The number of carboxylic acids is 1. The third-order valence-corrected chi connectivity index (χ3v) is 2.61. The van der Waals surface area contributed by atoms with Crippen LogP contribution in [0.3, 0.4) is 0 Å². The maximum Gasteiger partial charge on any atom is 0.305 e. The quantitative estimate of drug-likeness (QED) is 0.802. The molecule has 6 heteroatoms. The second kappa shape index (κ2) is 4.57. The lowest BCUT2D eigenvalue weighted by atomic mass is 10.2. The summed E-state index contributed by atoms with van der Waals surface area (Å²) in [6, 6.07) is 1.19. The Bertz CT molecular complexity index is 436. The Kier molecular flexibility index (Phi) is 3.12. The van der Waals surface area contributed by atoms with Gasteiger partial charge in [0.1, 0.15) is 0 Å². The zero-order chi connectivity index (χ0) is 12.4. The first-order valence-electron chi connectivity index (χ1n) is 5.55. The van der Waals surface area contributed by atoms with E-state index in [9.17, 15) is 9.59 Å². The molecule has 1 fully saturated rings. The van der Waals surface area contributed by atoms with E-state index in [2.05, 4.69) is 10.5 Å². The molecule has 1 aromatic heterocycles. The van der Waals surface area contributed by atoms with Crippen molar-refractivity contribution >= 4 is 11.9 Å². The lowest BCUT2D eigenvalue weighted by Crippen LogP contribution is -2.33. The predicted molar refractivity (Wildman–Crippen MR) is 57.7 cm³/mol. The lowest BCUT2D eigenvalue weighted by Gasteiger charge is -2.09. The molecule has 1 amide bonds. The summed E-state index contributed by atoms with van der Waals surface area (Å²) in [5.41, 5.74) is 0.807. The smallest absolute Gasteiger partial charge is 0.305 e. The fraction of sp³-hybridized carbons (Fsp3) is 0.545. The first-order chi connectivity index (χ1) is 8.06. The van der Waals surface area contributed by atoms with E-state index in [1.54, 1.807) is 13.0 Å². The molecule has 0 radical (unpaired) electrons. The van der Waals surface area contributed by atoms with E-state index in [0.717, 1.165) is 18.5 Å². The molecule has 0 aromatic carbocycles. The molecule has 1 saturated carbocycles. The second-order valence-electron chi connectivity index (χ2n) is 4.36. The van der Waals surface area contributed by atoms with Gasteiger partial charge in [0.2, 0.25) is 5.76 Å². The Morgan fingerprint density at radius 2 is 2.35 bits per heavy atom. The fourth-order valence-corrected chi connectivity index (χ4v) is 1.58. The normalized spacial score (nSPS) is 16.5. The van der Waals surface area contributed by atoms with E-state index in [0.29, 0.717) is 5.92 Å². The molecule has 1 aliphatic rings. The van der Waals surface area contributed by atoms with Gasteiger partial charge in [0.15, 0.2) is 0 Å². The SMILES string of the molecule is CC(CC(=O)O)NC(=O)c1cc(C2CC2)no1. The molecular weight excluding hydrogens is 224 g/mol. The average molecular weight is 238 g/mol. The minimum Gasteiger partial charge on any atom is -0.481 e. The molecule has 0 saturated heterocycles. The minimum atomic E-state index is -0.950. The highest BCUT2D eigenvalue weighted by Gasteiger charge is 2.28. The molecule has 2 N–H and O–H groups in total. The monoisotopic (exact) mass is 238 g/mol. The largest absolute Gasteiger partial charge is 0.481 e. The maximum atomic E-state index is 11.7. The van der Waals surface area contributed by atoms with Gasteiger partial charge in [-0.3, -0.25) is 9.59 Å². The van der Waals surface area contributed by atoms with Gasteiger partial charge < -0.3 is 14.9 Å². The summed E-state index contributed by atoms with van der Waals surface area (Å²) >= 11 is 0. The number of carbonyl (C=O) groups is 2. The second-order valence-corrected chi connectivity index (χ2v) is 4.36. The topological polar surface area (TPSA) is 92.4 Å². The van der Waals surface area contributed by atoms with Crippen LogP contribution in [0.4, 0.5) is 0 Å². The summed E-state index contributed by atoms with van der Waals surface area (Å²) in [4.78, 5) is 22.1. The van der Waals surface area contributed by atoms with Crippen molar-refractivity contribution in [2.75, 3.05) is 0 Å². The van der Waals surface area contributed by atoms with Crippen LogP contribution in [0.15, 0.2) is 10.6 Å². The Morgan fingerprint density at radius 3 is 2.94 bits per heavy atom. The standard InChI is InChI=1S/C11H14N2O4/c1-6(4-10(14)15)12-11(16)9-5-8(13-17-9)7-2-3-7/h5-7H,2-4H2,1H3,(H,12,16)(H,14,15). The summed E-state index contributed by atoms with van der Waals surface area (Å²) < 4.78 is 4.92. The molecule has 1 atom stereocenters. The average Bonchev–Trinajstić information content (AvgIpc) is 2.95. The van der Waals surface area contributed by atoms with Gasteiger partial charge >= 0.3 is 5.97 Å². The Labute approximate surface area is 98.0 Å². The third-order valence-electron chi connectivity index (χ3n) is 2.61. The Morgan fingerprint density at radius 1 is 1.65 bits per heavy atom. The van der Waals surface area contributed by atoms with Crippen LogP contribution in [-0.2, 0) is 4.79 Å². The summed E-state index contributed by atoms with van der Waals surface area (Å²) in [6.45, 7) is 1.63. The zero-order valence-electron chi connectivity index (χ0n) is 9.47. The summed E-state index contributed by atoms with van der Waals surface area (Å²) in [6.07, 6.45) is 2.06. The van der Waals surface area contributed by atoms with Crippen molar-refractivity contribution in [3.8, 4) is 0 Å². The number of hydrogen-bond acceptors (Lipinski definition) is 4.